The number of thiophene rings is 1. The van der Waals surface area contributed by atoms with Gasteiger partial charge in [0.1, 0.15) is 5.82 Å². The van der Waals surface area contributed by atoms with Crippen molar-refractivity contribution in [1.82, 2.24) is 15.3 Å². The molecule has 0 radical (unpaired) electrons. The molecule has 2 N–H and O–H groups in total. The molecule has 1 unspecified atom stereocenters. The van der Waals surface area contributed by atoms with Gasteiger partial charge in [-0.25, -0.2) is 4.98 Å². The van der Waals surface area contributed by atoms with Crippen LogP contribution in [0.25, 0.3) is 11.0 Å². The van der Waals surface area contributed by atoms with E-state index < -0.39 is 0 Å². The first kappa shape index (κ1) is 12.4. The second-order valence-electron chi connectivity index (χ2n) is 5.10. The van der Waals surface area contributed by atoms with Crippen LogP contribution in [0, 0.1) is 0 Å². The summed E-state index contributed by atoms with van der Waals surface area (Å²) in [6, 6.07) is 10.6. The minimum absolute atomic E-state index is 0.405. The third kappa shape index (κ3) is 2.14. The number of benzene rings is 1. The fraction of sp³-hybridized carbons (Fsp3) is 0.267. The lowest BCUT2D eigenvalue weighted by molar-refractivity contribution is 0.521. The molecule has 2 heterocycles. The van der Waals surface area contributed by atoms with Crippen molar-refractivity contribution in [2.75, 3.05) is 0 Å². The molecule has 0 saturated carbocycles. The number of hydrogen-bond acceptors (Lipinski definition) is 3. The molecule has 2 aromatic heterocycles. The van der Waals surface area contributed by atoms with Crippen LogP contribution >= 0.6 is 22.9 Å². The zero-order valence-electron chi connectivity index (χ0n) is 10.8. The number of imidazole rings is 1. The molecule has 0 fully saturated rings. The van der Waals surface area contributed by atoms with Crippen LogP contribution in [0.15, 0.2) is 30.3 Å². The van der Waals surface area contributed by atoms with Crippen molar-refractivity contribution >= 4 is 34.0 Å². The number of aromatic amines is 1. The van der Waals surface area contributed by atoms with Gasteiger partial charge in [0.15, 0.2) is 0 Å². The number of aryl methyl sites for hydroxylation is 1. The largest absolute Gasteiger partial charge is 0.341 e. The summed E-state index contributed by atoms with van der Waals surface area (Å²) in [5, 5.41) is 3.58. The molecule has 0 bridgehead atoms. The van der Waals surface area contributed by atoms with Gasteiger partial charge in [-0.05, 0) is 36.6 Å². The van der Waals surface area contributed by atoms with Crippen molar-refractivity contribution in [3.05, 3.63) is 50.9 Å². The summed E-state index contributed by atoms with van der Waals surface area (Å²) < 4.78 is 0.894. The summed E-state index contributed by atoms with van der Waals surface area (Å²) in [6.07, 6.45) is 2.28. The molecule has 20 heavy (non-hydrogen) atoms. The number of hydrogen-bond donors (Lipinski definition) is 2. The molecule has 3 nitrogen and oxygen atoms in total. The minimum Gasteiger partial charge on any atom is -0.341 e. The van der Waals surface area contributed by atoms with E-state index in [1.807, 2.05) is 18.2 Å². The Hall–Kier alpha value is -1.36. The molecule has 3 aromatic rings. The standard InChI is InChI=1S/C15H14ClN3S/c16-14-7-9-10(5-6-13(9)20-14)17-8-15-18-11-3-1-2-4-12(11)19-15/h1-4,7,10,17H,5-6,8H2,(H,18,19). The van der Waals surface area contributed by atoms with Crippen molar-refractivity contribution in [1.29, 1.82) is 0 Å². The lowest BCUT2D eigenvalue weighted by Gasteiger charge is -2.11. The molecule has 0 amide bonds. The summed E-state index contributed by atoms with van der Waals surface area (Å²) in [4.78, 5) is 9.37. The number of para-hydroxylation sites is 2. The van der Waals surface area contributed by atoms with Crippen LogP contribution in [0.3, 0.4) is 0 Å². The first-order valence-electron chi connectivity index (χ1n) is 6.75. The van der Waals surface area contributed by atoms with Crippen LogP contribution in [0.2, 0.25) is 4.34 Å². The highest BCUT2D eigenvalue weighted by Crippen LogP contribution is 2.39. The Kier molecular flexibility index (Phi) is 3.02. The van der Waals surface area contributed by atoms with Crippen molar-refractivity contribution in [2.45, 2.75) is 25.4 Å². The summed E-state index contributed by atoms with van der Waals surface area (Å²) >= 11 is 7.79. The average molecular weight is 304 g/mol. The van der Waals surface area contributed by atoms with Crippen LogP contribution < -0.4 is 5.32 Å². The maximum Gasteiger partial charge on any atom is 0.121 e. The van der Waals surface area contributed by atoms with Gasteiger partial charge in [0.25, 0.3) is 0 Å². The highest BCUT2D eigenvalue weighted by atomic mass is 35.5. The number of nitrogens with zero attached hydrogens (tertiary/aromatic N) is 1. The van der Waals surface area contributed by atoms with Gasteiger partial charge >= 0.3 is 0 Å². The summed E-state index contributed by atoms with van der Waals surface area (Å²) in [6.45, 7) is 0.756. The van der Waals surface area contributed by atoms with Gasteiger partial charge in [-0.15, -0.1) is 11.3 Å². The number of halogens is 1. The Labute approximate surface area is 126 Å². The van der Waals surface area contributed by atoms with Crippen molar-refractivity contribution in [3.8, 4) is 0 Å². The maximum absolute atomic E-state index is 6.09. The number of nitrogens with one attached hydrogen (secondary N) is 2. The van der Waals surface area contributed by atoms with Crippen LogP contribution in [0.4, 0.5) is 0 Å². The molecule has 1 atom stereocenters. The van der Waals surface area contributed by atoms with Gasteiger partial charge < -0.3 is 10.3 Å². The van der Waals surface area contributed by atoms with Crippen molar-refractivity contribution < 1.29 is 0 Å². The van der Waals surface area contributed by atoms with E-state index in [2.05, 4.69) is 27.4 Å². The van der Waals surface area contributed by atoms with Gasteiger partial charge in [-0.1, -0.05) is 23.7 Å². The summed E-state index contributed by atoms with van der Waals surface area (Å²) in [7, 11) is 0. The molecule has 1 aliphatic carbocycles. The quantitative estimate of drug-likeness (QED) is 0.766. The normalized spacial score (nSPS) is 17.8. The number of aromatic nitrogens is 2. The van der Waals surface area contributed by atoms with E-state index in [4.69, 9.17) is 11.6 Å². The molecule has 5 heteroatoms. The predicted octanol–water partition coefficient (Wildman–Crippen LogP) is 4.05. The van der Waals surface area contributed by atoms with Gasteiger partial charge in [-0.2, -0.15) is 0 Å². The first-order chi connectivity index (χ1) is 9.79. The van der Waals surface area contributed by atoms with Crippen molar-refractivity contribution in [3.63, 3.8) is 0 Å². The molecule has 0 aliphatic heterocycles. The topological polar surface area (TPSA) is 40.7 Å². The SMILES string of the molecule is Clc1cc2c(s1)CCC2NCc1nc2ccccc2[nH]1. The highest BCUT2D eigenvalue weighted by molar-refractivity contribution is 7.16. The van der Waals surface area contributed by atoms with Gasteiger partial charge in [0.05, 0.1) is 21.9 Å². The smallest absolute Gasteiger partial charge is 0.121 e. The second-order valence-corrected chi connectivity index (χ2v) is 6.87. The van der Waals surface area contributed by atoms with E-state index in [-0.39, 0.29) is 0 Å². The molecule has 1 aromatic carbocycles. The Balaban J connectivity index is 1.50. The lowest BCUT2D eigenvalue weighted by atomic mass is 10.2. The van der Waals surface area contributed by atoms with E-state index in [1.165, 1.54) is 10.4 Å². The predicted molar refractivity (Wildman–Crippen MR) is 83.3 cm³/mol. The van der Waals surface area contributed by atoms with Crippen LogP contribution in [-0.2, 0) is 13.0 Å². The Bertz CT molecular complexity index is 728. The second kappa shape index (κ2) is 4.88. The van der Waals surface area contributed by atoms with Crippen LogP contribution in [0.5, 0.6) is 0 Å². The van der Waals surface area contributed by atoms with Gasteiger partial charge in [0.2, 0.25) is 0 Å². The fourth-order valence-electron chi connectivity index (χ4n) is 2.85. The van der Waals surface area contributed by atoms with E-state index in [0.29, 0.717) is 6.04 Å². The zero-order valence-corrected chi connectivity index (χ0v) is 12.4. The fourth-order valence-corrected chi connectivity index (χ4v) is 4.21. The summed E-state index contributed by atoms with van der Waals surface area (Å²) in [5.74, 6) is 0.987. The summed E-state index contributed by atoms with van der Waals surface area (Å²) in [5.41, 5.74) is 3.49. The minimum atomic E-state index is 0.405. The van der Waals surface area contributed by atoms with Crippen molar-refractivity contribution in [2.24, 2.45) is 0 Å². The Morgan fingerprint density at radius 3 is 3.20 bits per heavy atom. The first-order valence-corrected chi connectivity index (χ1v) is 7.94. The average Bonchev–Trinajstić information content (AvgIpc) is 3.09. The number of H-pyrrole nitrogens is 1. The zero-order chi connectivity index (χ0) is 13.5. The van der Waals surface area contributed by atoms with E-state index >= 15 is 0 Å². The van der Waals surface area contributed by atoms with Gasteiger partial charge in [0, 0.05) is 10.9 Å². The molecular formula is C15H14ClN3S. The number of fused-ring (bicyclic) bond motifs is 2. The molecule has 1 aliphatic rings. The van der Waals surface area contributed by atoms with E-state index in [9.17, 15) is 0 Å². The van der Waals surface area contributed by atoms with E-state index in [1.54, 1.807) is 11.3 Å². The Morgan fingerprint density at radius 1 is 1.40 bits per heavy atom. The van der Waals surface area contributed by atoms with Gasteiger partial charge in [-0.3, -0.25) is 0 Å². The molecule has 0 spiro atoms. The van der Waals surface area contributed by atoms with E-state index in [0.717, 1.165) is 40.6 Å². The molecule has 102 valence electrons. The molecule has 4 rings (SSSR count). The highest BCUT2D eigenvalue weighted by Gasteiger charge is 2.24. The third-order valence-corrected chi connectivity index (χ3v) is 5.14. The Morgan fingerprint density at radius 2 is 2.30 bits per heavy atom. The maximum atomic E-state index is 6.09. The third-order valence-electron chi connectivity index (χ3n) is 3.80. The number of rotatable bonds is 3. The molecule has 0 saturated heterocycles. The molecular weight excluding hydrogens is 290 g/mol. The van der Waals surface area contributed by atoms with Crippen LogP contribution in [-0.4, -0.2) is 9.97 Å². The van der Waals surface area contributed by atoms with Crippen LogP contribution in [0.1, 0.15) is 28.7 Å². The lowest BCUT2D eigenvalue weighted by Crippen LogP contribution is -2.19. The monoisotopic (exact) mass is 303 g/mol.